The lowest BCUT2D eigenvalue weighted by molar-refractivity contribution is -0.129. The summed E-state index contributed by atoms with van der Waals surface area (Å²) in [6.45, 7) is 4.68. The van der Waals surface area contributed by atoms with E-state index in [4.69, 9.17) is 0 Å². The van der Waals surface area contributed by atoms with Crippen LogP contribution in [0.25, 0.3) is 0 Å². The fourth-order valence-electron chi connectivity index (χ4n) is 2.39. The molecule has 1 N–H and O–H groups in total. The van der Waals surface area contributed by atoms with Crippen molar-refractivity contribution in [2.75, 3.05) is 6.54 Å². The highest BCUT2D eigenvalue weighted by Gasteiger charge is 2.27. The molecule has 0 aliphatic heterocycles. The van der Waals surface area contributed by atoms with Gasteiger partial charge in [0.05, 0.1) is 0 Å². The molecule has 110 valence electrons. The van der Waals surface area contributed by atoms with Crippen LogP contribution in [0.2, 0.25) is 0 Å². The summed E-state index contributed by atoms with van der Waals surface area (Å²) in [4.78, 5) is 12.3. The zero-order chi connectivity index (χ0) is 15.1. The van der Waals surface area contributed by atoms with Crippen molar-refractivity contribution in [2.45, 2.75) is 26.7 Å². The number of nitrogens with one attached hydrogen (secondary N) is 1. The maximum Gasteiger partial charge on any atom is 0.226 e. The Hall–Kier alpha value is -2.09. The average Bonchev–Trinajstić information content (AvgIpc) is 2.49. The fourth-order valence-corrected chi connectivity index (χ4v) is 2.39. The summed E-state index contributed by atoms with van der Waals surface area (Å²) in [6, 6.07) is 20.4. The van der Waals surface area contributed by atoms with Gasteiger partial charge in [0.25, 0.3) is 0 Å². The van der Waals surface area contributed by atoms with E-state index in [0.29, 0.717) is 6.54 Å². The Morgan fingerprint density at radius 1 is 0.905 bits per heavy atom. The minimum atomic E-state index is -0.391. The van der Waals surface area contributed by atoms with Crippen LogP contribution >= 0.6 is 0 Å². The zero-order valence-electron chi connectivity index (χ0n) is 12.8. The lowest BCUT2D eigenvalue weighted by Gasteiger charge is -2.23. The molecular formula is C19H23NO. The van der Waals surface area contributed by atoms with Crippen molar-refractivity contribution in [1.29, 1.82) is 0 Å². The van der Waals surface area contributed by atoms with Gasteiger partial charge in [0, 0.05) is 12.0 Å². The Morgan fingerprint density at radius 2 is 1.43 bits per heavy atom. The van der Waals surface area contributed by atoms with E-state index in [1.54, 1.807) is 0 Å². The molecule has 1 amide bonds. The first kappa shape index (κ1) is 15.3. The average molecular weight is 281 g/mol. The normalized spacial score (nSPS) is 11.1. The van der Waals surface area contributed by atoms with Crippen LogP contribution in [0.4, 0.5) is 0 Å². The summed E-state index contributed by atoms with van der Waals surface area (Å²) in [7, 11) is 0. The molecule has 0 saturated carbocycles. The van der Waals surface area contributed by atoms with E-state index >= 15 is 0 Å². The van der Waals surface area contributed by atoms with Crippen LogP contribution in [-0.4, -0.2) is 12.5 Å². The third-order valence-electron chi connectivity index (χ3n) is 3.65. The number of hydrogen-bond acceptors (Lipinski definition) is 1. The molecule has 2 heteroatoms. The first-order chi connectivity index (χ1) is 10.1. The zero-order valence-corrected chi connectivity index (χ0v) is 12.8. The Kier molecular flexibility index (Phi) is 5.15. The second kappa shape index (κ2) is 7.07. The molecule has 2 nitrogen and oxygen atoms in total. The van der Waals surface area contributed by atoms with Gasteiger partial charge in [-0.1, -0.05) is 74.5 Å². The van der Waals surface area contributed by atoms with E-state index in [2.05, 4.69) is 29.6 Å². The molecule has 0 saturated heterocycles. The summed E-state index contributed by atoms with van der Waals surface area (Å²) in [5, 5.41) is 3.05. The van der Waals surface area contributed by atoms with Gasteiger partial charge in [0.15, 0.2) is 0 Å². The molecule has 2 aromatic rings. The Balaban J connectivity index is 1.84. The topological polar surface area (TPSA) is 29.1 Å². The van der Waals surface area contributed by atoms with E-state index < -0.39 is 5.41 Å². The lowest BCUT2D eigenvalue weighted by atomic mass is 9.85. The minimum Gasteiger partial charge on any atom is -0.355 e. The SMILES string of the molecule is CC(C)(Cc1ccccc1)C(=O)NCCc1ccccc1. The number of rotatable bonds is 6. The standard InChI is InChI=1S/C19H23NO/c1-19(2,15-17-11-7-4-8-12-17)18(21)20-14-13-16-9-5-3-6-10-16/h3-12H,13-15H2,1-2H3,(H,20,21). The monoisotopic (exact) mass is 281 g/mol. The fraction of sp³-hybridized carbons (Fsp3) is 0.316. The van der Waals surface area contributed by atoms with E-state index in [-0.39, 0.29) is 5.91 Å². The van der Waals surface area contributed by atoms with Gasteiger partial charge in [-0.25, -0.2) is 0 Å². The van der Waals surface area contributed by atoms with Crippen molar-refractivity contribution in [3.63, 3.8) is 0 Å². The summed E-state index contributed by atoms with van der Waals surface area (Å²) in [6.07, 6.45) is 1.62. The number of amides is 1. The summed E-state index contributed by atoms with van der Waals surface area (Å²) < 4.78 is 0. The Labute approximate surface area is 127 Å². The molecule has 21 heavy (non-hydrogen) atoms. The molecule has 0 radical (unpaired) electrons. The summed E-state index contributed by atoms with van der Waals surface area (Å²) in [5.74, 6) is 0.113. The summed E-state index contributed by atoms with van der Waals surface area (Å²) in [5.41, 5.74) is 2.05. The van der Waals surface area contributed by atoms with Crippen LogP contribution in [-0.2, 0) is 17.6 Å². The van der Waals surface area contributed by atoms with E-state index in [1.807, 2.05) is 50.2 Å². The number of carbonyl (C=O) groups is 1. The largest absolute Gasteiger partial charge is 0.355 e. The molecule has 0 atom stereocenters. The number of carbonyl (C=O) groups excluding carboxylic acids is 1. The summed E-state index contributed by atoms with van der Waals surface area (Å²) >= 11 is 0. The minimum absolute atomic E-state index is 0.113. The van der Waals surface area contributed by atoms with Crippen molar-refractivity contribution >= 4 is 5.91 Å². The molecule has 0 fully saturated rings. The molecule has 0 heterocycles. The van der Waals surface area contributed by atoms with Gasteiger partial charge in [-0.15, -0.1) is 0 Å². The molecule has 0 aliphatic carbocycles. The molecule has 0 aliphatic rings. The van der Waals surface area contributed by atoms with Gasteiger partial charge >= 0.3 is 0 Å². The molecule has 2 aromatic carbocycles. The van der Waals surface area contributed by atoms with Gasteiger partial charge in [0.1, 0.15) is 0 Å². The maximum atomic E-state index is 12.3. The van der Waals surface area contributed by atoms with Crippen molar-refractivity contribution in [3.05, 3.63) is 71.8 Å². The Morgan fingerprint density at radius 3 is 2.00 bits per heavy atom. The third-order valence-corrected chi connectivity index (χ3v) is 3.65. The number of benzene rings is 2. The number of hydrogen-bond donors (Lipinski definition) is 1. The highest BCUT2D eigenvalue weighted by atomic mass is 16.2. The van der Waals surface area contributed by atoms with Crippen molar-refractivity contribution in [1.82, 2.24) is 5.32 Å². The molecule has 0 spiro atoms. The predicted octanol–water partition coefficient (Wildman–Crippen LogP) is 3.61. The quantitative estimate of drug-likeness (QED) is 0.861. The van der Waals surface area contributed by atoms with Crippen LogP contribution in [0.3, 0.4) is 0 Å². The maximum absolute atomic E-state index is 12.3. The van der Waals surface area contributed by atoms with Gasteiger partial charge < -0.3 is 5.32 Å². The highest BCUT2D eigenvalue weighted by molar-refractivity contribution is 5.82. The lowest BCUT2D eigenvalue weighted by Crippen LogP contribution is -2.39. The van der Waals surface area contributed by atoms with E-state index in [9.17, 15) is 4.79 Å². The van der Waals surface area contributed by atoms with Crippen LogP contribution in [0, 0.1) is 5.41 Å². The van der Waals surface area contributed by atoms with Gasteiger partial charge in [-0.05, 0) is 24.0 Å². The van der Waals surface area contributed by atoms with Gasteiger partial charge in [-0.2, -0.15) is 0 Å². The molecule has 0 bridgehead atoms. The second-order valence-corrected chi connectivity index (χ2v) is 6.04. The van der Waals surface area contributed by atoms with Gasteiger partial charge in [-0.3, -0.25) is 4.79 Å². The molecule has 0 aromatic heterocycles. The third kappa shape index (κ3) is 4.75. The van der Waals surface area contributed by atoms with Crippen LogP contribution in [0.5, 0.6) is 0 Å². The van der Waals surface area contributed by atoms with E-state index in [1.165, 1.54) is 11.1 Å². The smallest absolute Gasteiger partial charge is 0.226 e. The second-order valence-electron chi connectivity index (χ2n) is 6.04. The van der Waals surface area contributed by atoms with Crippen molar-refractivity contribution < 1.29 is 4.79 Å². The van der Waals surface area contributed by atoms with Crippen molar-refractivity contribution in [3.8, 4) is 0 Å². The van der Waals surface area contributed by atoms with Crippen LogP contribution < -0.4 is 5.32 Å². The first-order valence-electron chi connectivity index (χ1n) is 7.44. The molecular weight excluding hydrogens is 258 g/mol. The van der Waals surface area contributed by atoms with Gasteiger partial charge in [0.2, 0.25) is 5.91 Å². The first-order valence-corrected chi connectivity index (χ1v) is 7.44. The van der Waals surface area contributed by atoms with Crippen LogP contribution in [0.1, 0.15) is 25.0 Å². The highest BCUT2D eigenvalue weighted by Crippen LogP contribution is 2.21. The van der Waals surface area contributed by atoms with Crippen LogP contribution in [0.15, 0.2) is 60.7 Å². The molecule has 2 rings (SSSR count). The predicted molar refractivity (Wildman–Crippen MR) is 87.1 cm³/mol. The van der Waals surface area contributed by atoms with E-state index in [0.717, 1.165) is 12.8 Å². The Bertz CT molecular complexity index is 561. The van der Waals surface area contributed by atoms with Crippen molar-refractivity contribution in [2.24, 2.45) is 5.41 Å². The molecule has 0 unspecified atom stereocenters.